The van der Waals surface area contributed by atoms with Gasteiger partial charge in [0.25, 0.3) is 10.0 Å². The maximum absolute atomic E-state index is 14.0. The lowest BCUT2D eigenvalue weighted by molar-refractivity contribution is -0.120. The molecule has 0 saturated heterocycles. The van der Waals surface area contributed by atoms with Gasteiger partial charge in [0, 0.05) is 18.2 Å². The molecule has 1 atom stereocenters. The third-order valence-corrected chi connectivity index (χ3v) is 8.81. The van der Waals surface area contributed by atoms with Crippen molar-refractivity contribution in [2.24, 2.45) is 9.81 Å². The van der Waals surface area contributed by atoms with Gasteiger partial charge in [-0.25, -0.2) is 0 Å². The molecule has 0 unspecified atom stereocenters. The quantitative estimate of drug-likeness (QED) is 0.391. The fourth-order valence-electron chi connectivity index (χ4n) is 4.39. The third kappa shape index (κ3) is 4.67. The van der Waals surface area contributed by atoms with Crippen LogP contribution < -0.4 is 5.32 Å². The van der Waals surface area contributed by atoms with Gasteiger partial charge >= 0.3 is 0 Å². The number of ketones is 1. The molecule has 0 saturated carbocycles. The molecule has 2 N–H and O–H groups in total. The number of fused-ring (bicyclic) bond motifs is 2. The molecule has 0 radical (unpaired) electrons. The van der Waals surface area contributed by atoms with Crippen LogP contribution >= 0.6 is 11.3 Å². The Labute approximate surface area is 209 Å². The van der Waals surface area contributed by atoms with E-state index in [2.05, 4.69) is 30.5 Å². The second-order valence-electron chi connectivity index (χ2n) is 10.2. The van der Waals surface area contributed by atoms with Crippen molar-refractivity contribution < 1.29 is 27.8 Å². The SMILES string of the molecule is COCOCc1csc2c1S(=O)(=O)N=C(C1=C(O)c3ccccc3[C@@](C)(CCC(C)(C)C)C1=O)N2. The predicted octanol–water partition coefficient (Wildman–Crippen LogP) is 5.02. The van der Waals surface area contributed by atoms with Crippen LogP contribution in [0.3, 0.4) is 0 Å². The first-order chi connectivity index (χ1) is 16.4. The average molecular weight is 519 g/mol. The van der Waals surface area contributed by atoms with E-state index in [1.807, 2.05) is 19.1 Å². The fraction of sp³-hybridized carbons (Fsp3) is 0.440. The van der Waals surface area contributed by atoms with Gasteiger partial charge in [-0.05, 0) is 36.1 Å². The van der Waals surface area contributed by atoms with Gasteiger partial charge in [-0.2, -0.15) is 8.42 Å². The van der Waals surface area contributed by atoms with E-state index in [0.717, 1.165) is 12.0 Å². The highest BCUT2D eigenvalue weighted by Crippen LogP contribution is 2.46. The van der Waals surface area contributed by atoms with Crippen LogP contribution in [0.2, 0.25) is 0 Å². The number of carbonyl (C=O) groups is 1. The number of ether oxygens (including phenoxy) is 2. The highest BCUT2D eigenvalue weighted by molar-refractivity contribution is 7.90. The number of nitrogens with one attached hydrogen (secondary N) is 1. The summed E-state index contributed by atoms with van der Waals surface area (Å²) in [6.45, 7) is 8.23. The van der Waals surface area contributed by atoms with Gasteiger partial charge in [-0.1, -0.05) is 45.0 Å². The monoisotopic (exact) mass is 518 g/mol. The zero-order chi connectivity index (χ0) is 25.6. The van der Waals surface area contributed by atoms with E-state index in [1.165, 1.54) is 18.4 Å². The lowest BCUT2D eigenvalue weighted by atomic mass is 9.65. The molecule has 0 amide bonds. The summed E-state index contributed by atoms with van der Waals surface area (Å²) in [6, 6.07) is 7.21. The number of aliphatic hydroxyl groups is 1. The number of rotatable bonds is 7. The number of hydrogen-bond donors (Lipinski definition) is 2. The maximum Gasteiger partial charge on any atom is 0.287 e. The Morgan fingerprint density at radius 1 is 1.23 bits per heavy atom. The molecular weight excluding hydrogens is 488 g/mol. The number of amidine groups is 1. The number of sulfonamides is 1. The van der Waals surface area contributed by atoms with Gasteiger partial charge < -0.3 is 19.9 Å². The first kappa shape index (κ1) is 25.6. The van der Waals surface area contributed by atoms with E-state index >= 15 is 0 Å². The zero-order valence-electron chi connectivity index (χ0n) is 20.5. The molecule has 10 heteroatoms. The molecule has 4 rings (SSSR count). The van der Waals surface area contributed by atoms with Crippen LogP contribution in [0.5, 0.6) is 0 Å². The van der Waals surface area contributed by atoms with Crippen molar-refractivity contribution in [1.82, 2.24) is 0 Å². The van der Waals surface area contributed by atoms with Crippen LogP contribution in [0.4, 0.5) is 5.00 Å². The first-order valence-corrected chi connectivity index (χ1v) is 13.6. The summed E-state index contributed by atoms with van der Waals surface area (Å²) in [6.07, 6.45) is 1.30. The maximum atomic E-state index is 14.0. The van der Waals surface area contributed by atoms with Crippen LogP contribution in [-0.2, 0) is 36.3 Å². The van der Waals surface area contributed by atoms with Gasteiger partial charge in [0.05, 0.1) is 12.0 Å². The molecule has 8 nitrogen and oxygen atoms in total. The van der Waals surface area contributed by atoms with E-state index in [9.17, 15) is 18.3 Å². The minimum atomic E-state index is -4.14. The summed E-state index contributed by atoms with van der Waals surface area (Å²) in [5.74, 6) is -0.797. The van der Waals surface area contributed by atoms with Gasteiger partial charge in [-0.15, -0.1) is 15.7 Å². The van der Waals surface area contributed by atoms with Gasteiger partial charge in [0.1, 0.15) is 28.0 Å². The number of methoxy groups -OCH3 is 1. The number of anilines is 1. The molecular formula is C25H30N2O6S2. The van der Waals surface area contributed by atoms with Crippen LogP contribution in [0, 0.1) is 5.41 Å². The number of nitrogens with zero attached hydrogens (tertiary/aromatic N) is 1. The standard InChI is InChI=1S/C25H30N2O6S2/c1-24(2,3)10-11-25(4)17-9-7-6-8-16(17)19(28)18(21(25)29)22-26-23-20(35(30,31)27-22)15(13-34-23)12-33-14-32-5/h6-9,13,28H,10-12,14H2,1-5H3,(H,26,27)/t25-/m1/s1. The Hall–Kier alpha value is -2.53. The Morgan fingerprint density at radius 3 is 2.63 bits per heavy atom. The molecule has 0 bridgehead atoms. The molecule has 1 aromatic heterocycles. The molecule has 1 aromatic carbocycles. The fourth-order valence-corrected chi connectivity index (χ4v) is 6.97. The highest BCUT2D eigenvalue weighted by atomic mass is 32.2. The summed E-state index contributed by atoms with van der Waals surface area (Å²) in [5, 5.41) is 16.2. The van der Waals surface area contributed by atoms with Crippen LogP contribution in [0.15, 0.2) is 44.5 Å². The van der Waals surface area contributed by atoms with Crippen molar-refractivity contribution in [3.8, 4) is 0 Å². The van der Waals surface area contributed by atoms with Crippen molar-refractivity contribution in [2.75, 3.05) is 19.2 Å². The normalized spacial score (nSPS) is 21.3. The molecule has 0 spiro atoms. The molecule has 0 fully saturated rings. The summed E-state index contributed by atoms with van der Waals surface area (Å²) in [4.78, 5) is 14.0. The number of hydrogen-bond acceptors (Lipinski definition) is 8. The summed E-state index contributed by atoms with van der Waals surface area (Å²) in [5.41, 5.74) is 0.605. The van der Waals surface area contributed by atoms with Crippen LogP contribution in [-0.4, -0.2) is 39.0 Å². The van der Waals surface area contributed by atoms with Gasteiger partial charge in [0.15, 0.2) is 11.6 Å². The lowest BCUT2D eigenvalue weighted by Gasteiger charge is -2.37. The Bertz CT molecular complexity index is 1330. The largest absolute Gasteiger partial charge is 0.506 e. The molecule has 1 aliphatic heterocycles. The highest BCUT2D eigenvalue weighted by Gasteiger charge is 2.47. The topological polar surface area (TPSA) is 114 Å². The second-order valence-corrected chi connectivity index (χ2v) is 12.6. The molecule has 2 heterocycles. The molecule has 2 aromatic rings. The number of Topliss-reactive ketones (excluding diaryl/α,β-unsaturated/α-hetero) is 1. The summed E-state index contributed by atoms with van der Waals surface area (Å²) in [7, 11) is -2.67. The molecule has 188 valence electrons. The minimum absolute atomic E-state index is 0.0152. The van der Waals surface area contributed by atoms with Crippen LogP contribution in [0.1, 0.15) is 57.2 Å². The first-order valence-electron chi connectivity index (χ1n) is 11.3. The number of aliphatic hydroxyl groups excluding tert-OH is 1. The second kappa shape index (κ2) is 9.16. The van der Waals surface area contributed by atoms with E-state index < -0.39 is 15.4 Å². The van der Waals surface area contributed by atoms with E-state index in [1.54, 1.807) is 17.5 Å². The third-order valence-electron chi connectivity index (χ3n) is 6.33. The van der Waals surface area contributed by atoms with Crippen molar-refractivity contribution >= 4 is 43.7 Å². The summed E-state index contributed by atoms with van der Waals surface area (Å²) >= 11 is 1.17. The molecule has 2 aliphatic rings. The van der Waals surface area contributed by atoms with Crippen molar-refractivity contribution in [3.05, 3.63) is 51.9 Å². The predicted molar refractivity (Wildman–Crippen MR) is 136 cm³/mol. The number of thiophene rings is 1. The Balaban J connectivity index is 1.79. The van der Waals surface area contributed by atoms with Gasteiger partial charge in [0.2, 0.25) is 0 Å². The van der Waals surface area contributed by atoms with Crippen LogP contribution in [0.25, 0.3) is 5.76 Å². The van der Waals surface area contributed by atoms with Crippen molar-refractivity contribution in [3.63, 3.8) is 0 Å². The Kier molecular flexibility index (Phi) is 6.69. The number of benzene rings is 1. The van der Waals surface area contributed by atoms with Crippen molar-refractivity contribution in [1.29, 1.82) is 0 Å². The van der Waals surface area contributed by atoms with Crippen molar-refractivity contribution in [2.45, 2.75) is 57.5 Å². The molecule has 1 aliphatic carbocycles. The average Bonchev–Trinajstić information content (AvgIpc) is 3.20. The van der Waals surface area contributed by atoms with E-state index in [0.29, 0.717) is 22.5 Å². The molecule has 35 heavy (non-hydrogen) atoms. The lowest BCUT2D eigenvalue weighted by Crippen LogP contribution is -2.42. The van der Waals surface area contributed by atoms with E-state index in [-0.39, 0.29) is 46.7 Å². The number of carbonyl (C=O) groups excluding carboxylic acids is 1. The Morgan fingerprint density at radius 2 is 1.94 bits per heavy atom. The summed E-state index contributed by atoms with van der Waals surface area (Å²) < 4.78 is 40.5. The minimum Gasteiger partial charge on any atom is -0.506 e. The zero-order valence-corrected chi connectivity index (χ0v) is 22.1. The van der Waals surface area contributed by atoms with Gasteiger partial charge in [-0.3, -0.25) is 4.79 Å². The van der Waals surface area contributed by atoms with E-state index in [4.69, 9.17) is 9.47 Å². The smallest absolute Gasteiger partial charge is 0.287 e.